The number of esters is 1. The average Bonchev–Trinajstić information content (AvgIpc) is 2.29. The zero-order valence-corrected chi connectivity index (χ0v) is 12.8. The number of amides is 1. The molecule has 1 N–H and O–H groups in total. The maximum absolute atomic E-state index is 11.9. The Labute approximate surface area is 120 Å². The molecule has 0 bridgehead atoms. The number of hydrogen-bond acceptors (Lipinski definition) is 3. The topological polar surface area (TPSA) is 55.4 Å². The number of hydrogen-bond donors (Lipinski definition) is 1. The summed E-state index contributed by atoms with van der Waals surface area (Å²) < 4.78 is 5.13. The molecule has 0 heterocycles. The molecule has 4 heteroatoms. The minimum Gasteiger partial charge on any atom is -0.453 e. The van der Waals surface area contributed by atoms with Crippen molar-refractivity contribution in [2.24, 2.45) is 5.41 Å². The first kappa shape index (κ1) is 16.2. The maximum Gasteiger partial charge on any atom is 0.307 e. The molecule has 0 fully saturated rings. The average molecular weight is 277 g/mol. The Balaban J connectivity index is 2.51. The Bertz CT molecular complexity index is 471. The maximum atomic E-state index is 11.9. The summed E-state index contributed by atoms with van der Waals surface area (Å²) in [6.45, 7) is 9.40. The van der Waals surface area contributed by atoms with E-state index in [1.807, 2.05) is 52.0 Å². The number of carbonyl (C=O) groups excluding carboxylic acids is 2. The van der Waals surface area contributed by atoms with Crippen LogP contribution in [0.3, 0.4) is 0 Å². The van der Waals surface area contributed by atoms with Gasteiger partial charge in [0, 0.05) is 5.69 Å². The third-order valence-electron chi connectivity index (χ3n) is 2.67. The minimum absolute atomic E-state index is 0.149. The highest BCUT2D eigenvalue weighted by Crippen LogP contribution is 2.19. The van der Waals surface area contributed by atoms with Crippen molar-refractivity contribution in [3.8, 4) is 0 Å². The number of anilines is 1. The zero-order chi connectivity index (χ0) is 15.3. The van der Waals surface area contributed by atoms with Crippen LogP contribution in [0.2, 0.25) is 0 Å². The van der Waals surface area contributed by atoms with E-state index in [0.29, 0.717) is 5.69 Å². The molecule has 0 spiro atoms. The lowest BCUT2D eigenvalue weighted by Gasteiger charge is -2.19. The van der Waals surface area contributed by atoms with Crippen molar-refractivity contribution in [2.75, 3.05) is 5.32 Å². The van der Waals surface area contributed by atoms with E-state index >= 15 is 0 Å². The summed E-state index contributed by atoms with van der Waals surface area (Å²) in [5.74, 6) is -0.680. The molecule has 0 unspecified atom stereocenters. The van der Waals surface area contributed by atoms with Gasteiger partial charge in [-0.1, -0.05) is 38.5 Å². The van der Waals surface area contributed by atoms with E-state index in [1.165, 1.54) is 0 Å². The molecule has 1 amide bonds. The predicted octanol–water partition coefficient (Wildman–Crippen LogP) is 3.30. The van der Waals surface area contributed by atoms with Gasteiger partial charge in [-0.25, -0.2) is 0 Å². The molecule has 0 saturated heterocycles. The SMILES string of the molecule is Cc1ccc(NC(=O)[C@@H](C)OC(=O)CC(C)(C)C)cc1. The Morgan fingerprint density at radius 3 is 2.25 bits per heavy atom. The molecule has 1 atom stereocenters. The highest BCUT2D eigenvalue weighted by Gasteiger charge is 2.22. The lowest BCUT2D eigenvalue weighted by atomic mass is 9.92. The first-order chi connectivity index (χ1) is 9.17. The fraction of sp³-hybridized carbons (Fsp3) is 0.500. The first-order valence-electron chi connectivity index (χ1n) is 6.74. The van der Waals surface area contributed by atoms with E-state index in [4.69, 9.17) is 4.74 Å². The molecule has 0 aliphatic rings. The summed E-state index contributed by atoms with van der Waals surface area (Å²) in [5.41, 5.74) is 1.66. The number of rotatable bonds is 4. The molecule has 0 aromatic heterocycles. The van der Waals surface area contributed by atoms with Crippen LogP contribution in [0.15, 0.2) is 24.3 Å². The Morgan fingerprint density at radius 2 is 1.75 bits per heavy atom. The van der Waals surface area contributed by atoms with Crippen LogP contribution in [-0.2, 0) is 14.3 Å². The summed E-state index contributed by atoms with van der Waals surface area (Å²) in [4.78, 5) is 23.6. The third kappa shape index (κ3) is 5.87. The second-order valence-corrected chi connectivity index (χ2v) is 6.22. The largest absolute Gasteiger partial charge is 0.453 e. The van der Waals surface area contributed by atoms with Crippen molar-refractivity contribution >= 4 is 17.6 Å². The van der Waals surface area contributed by atoms with Crippen LogP contribution < -0.4 is 5.32 Å². The zero-order valence-electron chi connectivity index (χ0n) is 12.8. The van der Waals surface area contributed by atoms with Crippen molar-refractivity contribution in [1.29, 1.82) is 0 Å². The van der Waals surface area contributed by atoms with Crippen LogP contribution >= 0.6 is 0 Å². The normalized spacial score (nSPS) is 12.7. The van der Waals surface area contributed by atoms with Crippen LogP contribution in [0.25, 0.3) is 0 Å². The molecule has 20 heavy (non-hydrogen) atoms. The summed E-state index contributed by atoms with van der Waals surface area (Å²) >= 11 is 0. The highest BCUT2D eigenvalue weighted by atomic mass is 16.5. The van der Waals surface area contributed by atoms with Gasteiger partial charge in [-0.05, 0) is 31.4 Å². The lowest BCUT2D eigenvalue weighted by Crippen LogP contribution is -2.31. The van der Waals surface area contributed by atoms with Crippen molar-refractivity contribution in [1.82, 2.24) is 0 Å². The van der Waals surface area contributed by atoms with E-state index in [-0.39, 0.29) is 23.7 Å². The molecular formula is C16H23NO3. The molecule has 1 rings (SSSR count). The van der Waals surface area contributed by atoms with E-state index in [1.54, 1.807) is 6.92 Å². The van der Waals surface area contributed by atoms with Gasteiger partial charge in [-0.15, -0.1) is 0 Å². The van der Waals surface area contributed by atoms with Crippen molar-refractivity contribution < 1.29 is 14.3 Å². The minimum atomic E-state index is -0.800. The fourth-order valence-corrected chi connectivity index (χ4v) is 1.61. The van der Waals surface area contributed by atoms with E-state index < -0.39 is 6.10 Å². The predicted molar refractivity (Wildman–Crippen MR) is 79.4 cm³/mol. The monoisotopic (exact) mass is 277 g/mol. The van der Waals surface area contributed by atoms with Crippen LogP contribution in [0.5, 0.6) is 0 Å². The van der Waals surface area contributed by atoms with Gasteiger partial charge < -0.3 is 10.1 Å². The Kier molecular flexibility index (Phi) is 5.31. The standard InChI is InChI=1S/C16H23NO3/c1-11-6-8-13(9-7-11)17-15(19)12(2)20-14(18)10-16(3,4)5/h6-9,12H,10H2,1-5H3,(H,17,19)/t12-/m1/s1. The Hall–Kier alpha value is -1.84. The van der Waals surface area contributed by atoms with E-state index in [0.717, 1.165) is 5.56 Å². The van der Waals surface area contributed by atoms with Gasteiger partial charge in [0.05, 0.1) is 6.42 Å². The second kappa shape index (κ2) is 6.55. The van der Waals surface area contributed by atoms with Crippen molar-refractivity contribution in [3.63, 3.8) is 0 Å². The molecule has 0 saturated carbocycles. The van der Waals surface area contributed by atoms with Gasteiger partial charge in [0.2, 0.25) is 0 Å². The molecule has 1 aromatic carbocycles. The number of nitrogens with one attached hydrogen (secondary N) is 1. The van der Waals surface area contributed by atoms with Crippen LogP contribution in [0, 0.1) is 12.3 Å². The quantitative estimate of drug-likeness (QED) is 0.859. The third-order valence-corrected chi connectivity index (χ3v) is 2.67. The van der Waals surface area contributed by atoms with Gasteiger partial charge in [-0.2, -0.15) is 0 Å². The summed E-state index contributed by atoms with van der Waals surface area (Å²) in [6, 6.07) is 7.45. The van der Waals surface area contributed by atoms with Crippen LogP contribution in [-0.4, -0.2) is 18.0 Å². The van der Waals surface area contributed by atoms with E-state index in [2.05, 4.69) is 5.32 Å². The van der Waals surface area contributed by atoms with Gasteiger partial charge in [0.1, 0.15) is 0 Å². The van der Waals surface area contributed by atoms with E-state index in [9.17, 15) is 9.59 Å². The summed E-state index contributed by atoms with van der Waals surface area (Å²) in [6.07, 6.45) is -0.513. The number of ether oxygens (including phenoxy) is 1. The fourth-order valence-electron chi connectivity index (χ4n) is 1.61. The highest BCUT2D eigenvalue weighted by molar-refractivity contribution is 5.95. The Morgan fingerprint density at radius 1 is 1.20 bits per heavy atom. The molecular weight excluding hydrogens is 254 g/mol. The molecule has 0 radical (unpaired) electrons. The molecule has 4 nitrogen and oxygen atoms in total. The second-order valence-electron chi connectivity index (χ2n) is 6.22. The van der Waals surface area contributed by atoms with Gasteiger partial charge >= 0.3 is 5.97 Å². The van der Waals surface area contributed by atoms with Gasteiger partial charge in [0.15, 0.2) is 6.10 Å². The van der Waals surface area contributed by atoms with Gasteiger partial charge in [0.25, 0.3) is 5.91 Å². The smallest absolute Gasteiger partial charge is 0.307 e. The number of carbonyl (C=O) groups is 2. The first-order valence-corrected chi connectivity index (χ1v) is 6.74. The number of aryl methyl sites for hydroxylation is 1. The van der Waals surface area contributed by atoms with Crippen LogP contribution in [0.1, 0.15) is 39.7 Å². The molecule has 110 valence electrons. The summed E-state index contributed by atoms with van der Waals surface area (Å²) in [5, 5.41) is 2.72. The molecule has 0 aliphatic carbocycles. The van der Waals surface area contributed by atoms with Crippen molar-refractivity contribution in [2.45, 2.75) is 47.1 Å². The molecule has 1 aromatic rings. The van der Waals surface area contributed by atoms with Crippen molar-refractivity contribution in [3.05, 3.63) is 29.8 Å². The van der Waals surface area contributed by atoms with Gasteiger partial charge in [-0.3, -0.25) is 9.59 Å². The molecule has 0 aliphatic heterocycles. The number of benzene rings is 1. The lowest BCUT2D eigenvalue weighted by molar-refractivity contribution is -0.154. The summed E-state index contributed by atoms with van der Waals surface area (Å²) in [7, 11) is 0. The van der Waals surface area contributed by atoms with Crippen LogP contribution in [0.4, 0.5) is 5.69 Å².